The number of aromatic hydroxyl groups is 1. The minimum atomic E-state index is 0.104. The number of nitrogens with zero attached hydrogens (tertiary/aromatic N) is 2. The molecule has 1 saturated carbocycles. The van der Waals surface area contributed by atoms with E-state index in [1.54, 1.807) is 0 Å². The molecule has 1 aliphatic rings. The van der Waals surface area contributed by atoms with Gasteiger partial charge in [-0.05, 0) is 18.8 Å². The first-order chi connectivity index (χ1) is 5.84. The number of nitrogens with one attached hydrogen (secondary N) is 1. The van der Waals surface area contributed by atoms with Gasteiger partial charge < -0.3 is 10.4 Å². The van der Waals surface area contributed by atoms with Gasteiger partial charge in [0.15, 0.2) is 5.75 Å². The first-order valence-corrected chi connectivity index (χ1v) is 4.09. The Balaban J connectivity index is 1.89. The standard InChI is InChI=1S/C8H11N3O/c12-7-4-10-8(11-5-7)9-3-6-1-2-6/h4-6,12H,1-3H2,(H,9,10,11). The highest BCUT2D eigenvalue weighted by molar-refractivity contribution is 5.26. The first-order valence-electron chi connectivity index (χ1n) is 4.09. The van der Waals surface area contributed by atoms with Crippen LogP contribution in [0.1, 0.15) is 12.8 Å². The van der Waals surface area contributed by atoms with Crippen LogP contribution in [0.3, 0.4) is 0 Å². The summed E-state index contributed by atoms with van der Waals surface area (Å²) in [6.07, 6.45) is 5.40. The van der Waals surface area contributed by atoms with Crippen molar-refractivity contribution >= 4 is 5.95 Å². The maximum absolute atomic E-state index is 8.89. The second-order valence-electron chi connectivity index (χ2n) is 3.09. The van der Waals surface area contributed by atoms with Crippen LogP contribution in [0.5, 0.6) is 5.75 Å². The van der Waals surface area contributed by atoms with E-state index in [0.717, 1.165) is 12.5 Å². The molecule has 4 nitrogen and oxygen atoms in total. The molecule has 0 radical (unpaired) electrons. The molecule has 0 aromatic carbocycles. The minimum absolute atomic E-state index is 0.104. The quantitative estimate of drug-likeness (QED) is 0.701. The Morgan fingerprint density at radius 1 is 1.42 bits per heavy atom. The fourth-order valence-corrected chi connectivity index (χ4v) is 0.970. The van der Waals surface area contributed by atoms with Gasteiger partial charge >= 0.3 is 0 Å². The third-order valence-electron chi connectivity index (χ3n) is 1.88. The van der Waals surface area contributed by atoms with Crippen LogP contribution in [0.25, 0.3) is 0 Å². The van der Waals surface area contributed by atoms with Crippen LogP contribution < -0.4 is 5.32 Å². The summed E-state index contributed by atoms with van der Waals surface area (Å²) < 4.78 is 0. The normalized spacial score (nSPS) is 16.0. The summed E-state index contributed by atoms with van der Waals surface area (Å²) in [4.78, 5) is 7.81. The third-order valence-corrected chi connectivity index (χ3v) is 1.88. The van der Waals surface area contributed by atoms with Crippen LogP contribution in [0.4, 0.5) is 5.95 Å². The SMILES string of the molecule is Oc1cnc(NCC2CC2)nc1. The zero-order valence-electron chi connectivity index (χ0n) is 6.70. The average Bonchev–Trinajstić information content (AvgIpc) is 2.87. The summed E-state index contributed by atoms with van der Waals surface area (Å²) in [6.45, 7) is 0.949. The Morgan fingerprint density at radius 3 is 2.67 bits per heavy atom. The molecule has 2 N–H and O–H groups in total. The molecule has 64 valence electrons. The van der Waals surface area contributed by atoms with Gasteiger partial charge in [-0.1, -0.05) is 0 Å². The maximum atomic E-state index is 8.89. The molecule has 0 aliphatic heterocycles. The lowest BCUT2D eigenvalue weighted by Crippen LogP contribution is -2.05. The Hall–Kier alpha value is -1.32. The highest BCUT2D eigenvalue weighted by Gasteiger charge is 2.20. The highest BCUT2D eigenvalue weighted by atomic mass is 16.3. The lowest BCUT2D eigenvalue weighted by atomic mass is 10.4. The molecule has 0 unspecified atom stereocenters. The first kappa shape index (κ1) is 7.34. The van der Waals surface area contributed by atoms with Gasteiger partial charge in [-0.25, -0.2) is 9.97 Å². The number of anilines is 1. The molecule has 1 aliphatic carbocycles. The number of hydrogen-bond donors (Lipinski definition) is 2. The van der Waals surface area contributed by atoms with Crippen molar-refractivity contribution in [2.75, 3.05) is 11.9 Å². The van der Waals surface area contributed by atoms with Crippen LogP contribution >= 0.6 is 0 Å². The Labute approximate surface area is 70.7 Å². The molecular weight excluding hydrogens is 154 g/mol. The highest BCUT2D eigenvalue weighted by Crippen LogP contribution is 2.28. The van der Waals surface area contributed by atoms with Crippen molar-refractivity contribution in [3.63, 3.8) is 0 Å². The lowest BCUT2D eigenvalue weighted by molar-refractivity contribution is 0.470. The molecule has 1 aromatic heterocycles. The molecule has 0 spiro atoms. The van der Waals surface area contributed by atoms with E-state index in [1.165, 1.54) is 25.2 Å². The third kappa shape index (κ3) is 1.84. The summed E-state index contributed by atoms with van der Waals surface area (Å²) in [5, 5.41) is 12.0. The van der Waals surface area contributed by atoms with E-state index in [4.69, 9.17) is 5.11 Å². The topological polar surface area (TPSA) is 58.0 Å². The molecule has 1 fully saturated rings. The second kappa shape index (κ2) is 2.97. The molecule has 0 bridgehead atoms. The smallest absolute Gasteiger partial charge is 0.222 e. The van der Waals surface area contributed by atoms with Crippen LogP contribution in [0, 0.1) is 5.92 Å². The molecule has 1 heterocycles. The second-order valence-corrected chi connectivity index (χ2v) is 3.09. The van der Waals surface area contributed by atoms with Gasteiger partial charge in [0.1, 0.15) is 0 Å². The maximum Gasteiger partial charge on any atom is 0.222 e. The van der Waals surface area contributed by atoms with Crippen molar-refractivity contribution in [1.82, 2.24) is 9.97 Å². The largest absolute Gasteiger partial charge is 0.505 e. The predicted molar refractivity (Wildman–Crippen MR) is 44.9 cm³/mol. The summed E-state index contributed by atoms with van der Waals surface area (Å²) in [6, 6.07) is 0. The number of hydrogen-bond acceptors (Lipinski definition) is 4. The van der Waals surface area contributed by atoms with Gasteiger partial charge in [0.25, 0.3) is 0 Å². The fraction of sp³-hybridized carbons (Fsp3) is 0.500. The van der Waals surface area contributed by atoms with E-state index in [1.807, 2.05) is 0 Å². The van der Waals surface area contributed by atoms with Crippen molar-refractivity contribution in [3.05, 3.63) is 12.4 Å². The van der Waals surface area contributed by atoms with Crippen molar-refractivity contribution in [2.45, 2.75) is 12.8 Å². The van der Waals surface area contributed by atoms with Crippen LogP contribution in [0.2, 0.25) is 0 Å². The van der Waals surface area contributed by atoms with Gasteiger partial charge in [0, 0.05) is 6.54 Å². The van der Waals surface area contributed by atoms with Crippen molar-refractivity contribution in [3.8, 4) is 5.75 Å². The summed E-state index contributed by atoms with van der Waals surface area (Å²) in [7, 11) is 0. The van der Waals surface area contributed by atoms with Gasteiger partial charge in [0.2, 0.25) is 5.95 Å². The van der Waals surface area contributed by atoms with Crippen LogP contribution in [-0.4, -0.2) is 21.6 Å². The van der Waals surface area contributed by atoms with Gasteiger partial charge in [-0.2, -0.15) is 0 Å². The Kier molecular flexibility index (Phi) is 1.81. The minimum Gasteiger partial charge on any atom is -0.505 e. The molecule has 12 heavy (non-hydrogen) atoms. The zero-order valence-corrected chi connectivity index (χ0v) is 6.70. The number of aromatic nitrogens is 2. The molecular formula is C8H11N3O. The van der Waals surface area contributed by atoms with Crippen molar-refractivity contribution < 1.29 is 5.11 Å². The monoisotopic (exact) mass is 165 g/mol. The van der Waals surface area contributed by atoms with Crippen LogP contribution in [0.15, 0.2) is 12.4 Å². The molecule has 0 amide bonds. The summed E-state index contributed by atoms with van der Waals surface area (Å²) >= 11 is 0. The van der Waals surface area contributed by atoms with E-state index in [-0.39, 0.29) is 5.75 Å². The lowest BCUT2D eigenvalue weighted by Gasteiger charge is -2.01. The average molecular weight is 165 g/mol. The molecule has 4 heteroatoms. The van der Waals surface area contributed by atoms with E-state index >= 15 is 0 Å². The van der Waals surface area contributed by atoms with E-state index < -0.39 is 0 Å². The van der Waals surface area contributed by atoms with Gasteiger partial charge in [-0.15, -0.1) is 0 Å². The van der Waals surface area contributed by atoms with Gasteiger partial charge in [-0.3, -0.25) is 0 Å². The van der Waals surface area contributed by atoms with E-state index in [0.29, 0.717) is 5.95 Å². The molecule has 2 rings (SSSR count). The molecule has 0 atom stereocenters. The predicted octanol–water partition coefficient (Wildman–Crippen LogP) is 1.00. The molecule has 0 saturated heterocycles. The van der Waals surface area contributed by atoms with Crippen LogP contribution in [-0.2, 0) is 0 Å². The van der Waals surface area contributed by atoms with E-state index in [2.05, 4.69) is 15.3 Å². The number of rotatable bonds is 3. The van der Waals surface area contributed by atoms with E-state index in [9.17, 15) is 0 Å². The summed E-state index contributed by atoms with van der Waals surface area (Å²) in [5.74, 6) is 1.51. The van der Waals surface area contributed by atoms with Crippen molar-refractivity contribution in [2.24, 2.45) is 5.92 Å². The summed E-state index contributed by atoms with van der Waals surface area (Å²) in [5.41, 5.74) is 0. The zero-order chi connectivity index (χ0) is 8.39. The Morgan fingerprint density at radius 2 is 2.08 bits per heavy atom. The van der Waals surface area contributed by atoms with Crippen molar-refractivity contribution in [1.29, 1.82) is 0 Å². The Bertz CT molecular complexity index is 256. The molecule has 1 aromatic rings. The fourth-order valence-electron chi connectivity index (χ4n) is 0.970. The van der Waals surface area contributed by atoms with Gasteiger partial charge in [0.05, 0.1) is 12.4 Å².